The van der Waals surface area contributed by atoms with Gasteiger partial charge in [0.05, 0.1) is 18.6 Å². The van der Waals surface area contributed by atoms with E-state index in [1.54, 1.807) is 48.2 Å². The first kappa shape index (κ1) is 23.7. The minimum atomic E-state index is -0.697. The Hall–Kier alpha value is -2.97. The zero-order chi connectivity index (χ0) is 23.3. The zero-order valence-electron chi connectivity index (χ0n) is 17.8. The van der Waals surface area contributed by atoms with Crippen LogP contribution in [0.2, 0.25) is 5.02 Å². The third kappa shape index (κ3) is 5.44. The number of thiocarbonyl (C=S) groups is 1. The molecule has 7 nitrogen and oxygen atoms in total. The molecule has 0 bridgehead atoms. The number of halogens is 1. The van der Waals surface area contributed by atoms with Crippen LogP contribution in [0.25, 0.3) is 0 Å². The van der Waals surface area contributed by atoms with E-state index >= 15 is 0 Å². The second-order valence-electron chi connectivity index (χ2n) is 7.19. The average molecular weight is 474 g/mol. The summed E-state index contributed by atoms with van der Waals surface area (Å²) < 4.78 is 4.95. The fraction of sp³-hybridized carbons (Fsp3) is 0.304. The molecule has 3 rings (SSSR count). The summed E-state index contributed by atoms with van der Waals surface area (Å²) in [6.07, 6.45) is -0.0529. The lowest BCUT2D eigenvalue weighted by Crippen LogP contribution is -2.37. The predicted octanol–water partition coefficient (Wildman–Crippen LogP) is 3.86. The van der Waals surface area contributed by atoms with Crippen LogP contribution in [0.3, 0.4) is 0 Å². The Balaban J connectivity index is 1.70. The van der Waals surface area contributed by atoms with Gasteiger partial charge in [-0.3, -0.25) is 14.5 Å². The van der Waals surface area contributed by atoms with Crippen LogP contribution in [0.5, 0.6) is 0 Å². The maximum absolute atomic E-state index is 12.9. The number of likely N-dealkylation sites (N-methyl/N-ethyl adjacent to an activating group) is 1. The number of hydrogen-bond donors (Lipinski definition) is 1. The van der Waals surface area contributed by atoms with Crippen LogP contribution < -0.4 is 5.32 Å². The summed E-state index contributed by atoms with van der Waals surface area (Å²) in [6, 6.07) is 13.0. The van der Waals surface area contributed by atoms with Crippen LogP contribution in [0.15, 0.2) is 48.5 Å². The van der Waals surface area contributed by atoms with E-state index in [1.807, 2.05) is 19.1 Å². The fourth-order valence-electron chi connectivity index (χ4n) is 3.44. The van der Waals surface area contributed by atoms with Gasteiger partial charge in [-0.25, -0.2) is 4.79 Å². The van der Waals surface area contributed by atoms with Crippen LogP contribution in [0.1, 0.15) is 36.2 Å². The Morgan fingerprint density at radius 1 is 1.09 bits per heavy atom. The number of benzene rings is 2. The maximum atomic E-state index is 12.9. The standard InChI is InChI=1S/C23H24ClN3O4S/c1-3-26-21(29)19(27(23(26)32)14-15-5-9-17(24)10-6-15)13-20(28)25-18-11-7-16(8-12-18)22(30)31-4-2/h5-12,19H,3-4,13-14H2,1-2H3,(H,25,28)/t19-/m1/s1. The summed E-state index contributed by atoms with van der Waals surface area (Å²) in [5.41, 5.74) is 1.85. The summed E-state index contributed by atoms with van der Waals surface area (Å²) >= 11 is 11.5. The second kappa shape index (κ2) is 10.6. The first-order chi connectivity index (χ1) is 15.3. The normalized spacial score (nSPS) is 15.8. The Kier molecular flexibility index (Phi) is 7.82. The van der Waals surface area contributed by atoms with Gasteiger partial charge in [0, 0.05) is 23.8 Å². The van der Waals surface area contributed by atoms with Crippen LogP contribution in [-0.2, 0) is 20.9 Å². The van der Waals surface area contributed by atoms with Gasteiger partial charge in [0.15, 0.2) is 5.11 Å². The lowest BCUT2D eigenvalue weighted by Gasteiger charge is -2.24. The first-order valence-corrected chi connectivity index (χ1v) is 11.1. The smallest absolute Gasteiger partial charge is 0.338 e. The van der Waals surface area contributed by atoms with E-state index in [0.717, 1.165) is 5.56 Å². The number of nitrogens with zero attached hydrogens (tertiary/aromatic N) is 2. The van der Waals surface area contributed by atoms with Gasteiger partial charge < -0.3 is 15.0 Å². The van der Waals surface area contributed by atoms with Crippen molar-refractivity contribution in [2.75, 3.05) is 18.5 Å². The molecular formula is C23H24ClN3O4S. The van der Waals surface area contributed by atoms with E-state index in [4.69, 9.17) is 28.6 Å². The van der Waals surface area contributed by atoms with Gasteiger partial charge in [-0.2, -0.15) is 0 Å². The van der Waals surface area contributed by atoms with Crippen molar-refractivity contribution in [1.82, 2.24) is 9.80 Å². The van der Waals surface area contributed by atoms with Crippen LogP contribution in [-0.4, -0.2) is 51.9 Å². The number of ether oxygens (including phenoxy) is 1. The Labute approximate surface area is 197 Å². The number of esters is 1. The van der Waals surface area contributed by atoms with Gasteiger partial charge in [0.25, 0.3) is 5.91 Å². The molecule has 1 aliphatic heterocycles. The lowest BCUT2D eigenvalue weighted by molar-refractivity contribution is -0.130. The van der Waals surface area contributed by atoms with Crippen LogP contribution >= 0.6 is 23.8 Å². The second-order valence-corrected chi connectivity index (χ2v) is 7.99. The van der Waals surface area contributed by atoms with Crippen molar-refractivity contribution in [3.63, 3.8) is 0 Å². The molecule has 32 heavy (non-hydrogen) atoms. The molecule has 2 aromatic rings. The van der Waals surface area contributed by atoms with Crippen molar-refractivity contribution in [3.8, 4) is 0 Å². The average Bonchev–Trinajstić information content (AvgIpc) is 2.99. The molecule has 0 unspecified atom stereocenters. The van der Waals surface area contributed by atoms with Crippen molar-refractivity contribution in [2.24, 2.45) is 0 Å². The molecular weight excluding hydrogens is 450 g/mol. The minimum absolute atomic E-state index is 0.0529. The molecule has 1 heterocycles. The van der Waals surface area contributed by atoms with Gasteiger partial charge in [0.1, 0.15) is 6.04 Å². The predicted molar refractivity (Wildman–Crippen MR) is 126 cm³/mol. The van der Waals surface area contributed by atoms with Crippen molar-refractivity contribution in [2.45, 2.75) is 32.9 Å². The molecule has 0 saturated carbocycles. The Bertz CT molecular complexity index is 1010. The van der Waals surface area contributed by atoms with Crippen molar-refractivity contribution in [3.05, 3.63) is 64.7 Å². The highest BCUT2D eigenvalue weighted by Crippen LogP contribution is 2.24. The lowest BCUT2D eigenvalue weighted by atomic mass is 10.1. The zero-order valence-corrected chi connectivity index (χ0v) is 19.4. The van der Waals surface area contributed by atoms with Crippen molar-refractivity contribution < 1.29 is 19.1 Å². The Morgan fingerprint density at radius 3 is 2.34 bits per heavy atom. The molecule has 168 valence electrons. The highest BCUT2D eigenvalue weighted by molar-refractivity contribution is 7.80. The molecule has 2 amide bonds. The van der Waals surface area contributed by atoms with Crippen molar-refractivity contribution >= 4 is 52.4 Å². The Morgan fingerprint density at radius 2 is 1.75 bits per heavy atom. The molecule has 9 heteroatoms. The highest BCUT2D eigenvalue weighted by atomic mass is 35.5. The summed E-state index contributed by atoms with van der Waals surface area (Å²) in [7, 11) is 0. The van der Waals surface area contributed by atoms with Crippen LogP contribution in [0, 0.1) is 0 Å². The van der Waals surface area contributed by atoms with E-state index in [0.29, 0.717) is 34.5 Å². The third-order valence-corrected chi connectivity index (χ3v) is 5.75. The van der Waals surface area contributed by atoms with Gasteiger partial charge in [0.2, 0.25) is 5.91 Å². The minimum Gasteiger partial charge on any atom is -0.462 e. The van der Waals surface area contributed by atoms with E-state index in [9.17, 15) is 14.4 Å². The maximum Gasteiger partial charge on any atom is 0.338 e. The summed E-state index contributed by atoms with van der Waals surface area (Å²) in [5, 5.41) is 3.80. The van der Waals surface area contributed by atoms with E-state index in [-0.39, 0.29) is 24.8 Å². The van der Waals surface area contributed by atoms with E-state index < -0.39 is 12.0 Å². The van der Waals surface area contributed by atoms with Crippen molar-refractivity contribution in [1.29, 1.82) is 0 Å². The number of hydrogen-bond acceptors (Lipinski definition) is 5. The number of amides is 2. The molecule has 0 radical (unpaired) electrons. The molecule has 0 aromatic heterocycles. The topological polar surface area (TPSA) is 78.9 Å². The molecule has 1 saturated heterocycles. The van der Waals surface area contributed by atoms with Gasteiger partial charge in [-0.15, -0.1) is 0 Å². The SMILES string of the molecule is CCOC(=O)c1ccc(NC(=O)C[C@@H]2C(=O)N(CC)C(=S)N2Cc2ccc(Cl)cc2)cc1. The van der Waals surface area contributed by atoms with E-state index in [2.05, 4.69) is 5.32 Å². The molecule has 1 atom stereocenters. The summed E-state index contributed by atoms with van der Waals surface area (Å²) in [4.78, 5) is 40.7. The fourth-order valence-corrected chi connectivity index (χ4v) is 3.98. The van der Waals surface area contributed by atoms with Crippen LogP contribution in [0.4, 0.5) is 5.69 Å². The molecule has 0 spiro atoms. The van der Waals surface area contributed by atoms with Gasteiger partial charge in [-0.05, 0) is 68.0 Å². The monoisotopic (exact) mass is 473 g/mol. The molecule has 1 N–H and O–H groups in total. The summed E-state index contributed by atoms with van der Waals surface area (Å²) in [5.74, 6) is -0.943. The highest BCUT2D eigenvalue weighted by Gasteiger charge is 2.42. The number of carbonyl (C=O) groups excluding carboxylic acids is 3. The number of carbonyl (C=O) groups is 3. The largest absolute Gasteiger partial charge is 0.462 e. The van der Waals surface area contributed by atoms with Gasteiger partial charge in [-0.1, -0.05) is 23.7 Å². The molecule has 1 fully saturated rings. The number of nitrogens with one attached hydrogen (secondary N) is 1. The molecule has 1 aliphatic rings. The third-order valence-electron chi connectivity index (χ3n) is 5.04. The number of anilines is 1. The molecule has 2 aromatic carbocycles. The van der Waals surface area contributed by atoms with E-state index in [1.165, 1.54) is 4.90 Å². The van der Waals surface area contributed by atoms with Gasteiger partial charge >= 0.3 is 5.97 Å². The number of rotatable bonds is 8. The molecule has 0 aliphatic carbocycles. The summed E-state index contributed by atoms with van der Waals surface area (Å²) in [6.45, 7) is 4.69. The first-order valence-electron chi connectivity index (χ1n) is 10.3. The quantitative estimate of drug-likeness (QED) is 0.463.